The lowest BCUT2D eigenvalue weighted by Crippen LogP contribution is -2.07. The number of anilines is 1. The smallest absolute Gasteiger partial charge is 0.248 e. The van der Waals surface area contributed by atoms with Crippen molar-refractivity contribution >= 4 is 40.6 Å². The number of hydrogen-bond donors (Lipinski definition) is 1. The first-order valence-electron chi connectivity index (χ1n) is 9.03. The quantitative estimate of drug-likeness (QED) is 0.364. The number of carbonyl (C=O) groups is 1. The molecule has 29 heavy (non-hydrogen) atoms. The number of benzene rings is 3. The van der Waals surface area contributed by atoms with E-state index in [-0.39, 0.29) is 5.91 Å². The van der Waals surface area contributed by atoms with Gasteiger partial charge < -0.3 is 5.32 Å². The summed E-state index contributed by atoms with van der Waals surface area (Å²) in [4.78, 5) is 17.0. The molecule has 3 aromatic carbocycles. The molecule has 0 aliphatic rings. The Kier molecular flexibility index (Phi) is 5.84. The van der Waals surface area contributed by atoms with E-state index in [1.807, 2.05) is 72.1 Å². The van der Waals surface area contributed by atoms with Gasteiger partial charge in [0, 0.05) is 33.3 Å². The van der Waals surface area contributed by atoms with Crippen LogP contribution in [0.4, 0.5) is 5.69 Å². The van der Waals surface area contributed by atoms with Crippen LogP contribution in [0.1, 0.15) is 5.56 Å². The lowest BCUT2D eigenvalue weighted by atomic mass is 10.1. The number of hydrogen-bond acceptors (Lipinski definition) is 3. The van der Waals surface area contributed by atoms with Crippen molar-refractivity contribution in [3.63, 3.8) is 0 Å². The first-order valence-corrected chi connectivity index (χ1v) is 10.3. The fraction of sp³-hybridized carbons (Fsp3) is 0. The minimum atomic E-state index is -0.194. The second kappa shape index (κ2) is 8.86. The van der Waals surface area contributed by atoms with E-state index in [0.717, 1.165) is 33.1 Å². The molecule has 0 atom stereocenters. The molecule has 0 unspecified atom stereocenters. The number of rotatable bonds is 5. The standard InChI is InChI=1S/C24H17ClN2OS/c25-20-12-9-17(10-13-20)11-14-23(28)26-21-8-4-7-19(15-21)22-16-29-24(27-22)18-5-2-1-3-6-18/h1-16H,(H,26,28)/b14-11+. The van der Waals surface area contributed by atoms with Crippen molar-refractivity contribution < 1.29 is 4.79 Å². The van der Waals surface area contributed by atoms with Crippen molar-refractivity contribution in [1.29, 1.82) is 0 Å². The molecule has 0 bridgehead atoms. The third-order valence-corrected chi connectivity index (χ3v) is 5.39. The van der Waals surface area contributed by atoms with Gasteiger partial charge >= 0.3 is 0 Å². The van der Waals surface area contributed by atoms with E-state index in [0.29, 0.717) is 5.02 Å². The van der Waals surface area contributed by atoms with Crippen LogP contribution >= 0.6 is 22.9 Å². The monoisotopic (exact) mass is 416 g/mol. The Morgan fingerprint density at radius 3 is 2.48 bits per heavy atom. The van der Waals surface area contributed by atoms with Crippen LogP contribution in [-0.2, 0) is 4.79 Å². The molecule has 0 spiro atoms. The molecule has 0 aliphatic heterocycles. The molecule has 1 heterocycles. The average molecular weight is 417 g/mol. The fourth-order valence-electron chi connectivity index (χ4n) is 2.81. The molecule has 142 valence electrons. The normalized spacial score (nSPS) is 10.9. The van der Waals surface area contributed by atoms with Crippen molar-refractivity contribution in [3.05, 3.63) is 101 Å². The number of halogens is 1. The Labute approximate surface area is 178 Å². The van der Waals surface area contributed by atoms with E-state index in [2.05, 4.69) is 5.32 Å². The van der Waals surface area contributed by atoms with Gasteiger partial charge in [0.1, 0.15) is 5.01 Å². The van der Waals surface area contributed by atoms with Crippen LogP contribution in [0, 0.1) is 0 Å². The minimum Gasteiger partial charge on any atom is -0.322 e. The minimum absolute atomic E-state index is 0.194. The molecule has 1 amide bonds. The Balaban J connectivity index is 1.47. The highest BCUT2D eigenvalue weighted by atomic mass is 35.5. The number of thiazole rings is 1. The molecule has 1 N–H and O–H groups in total. The number of carbonyl (C=O) groups excluding carboxylic acids is 1. The second-order valence-electron chi connectivity index (χ2n) is 6.36. The largest absolute Gasteiger partial charge is 0.322 e. The van der Waals surface area contributed by atoms with Gasteiger partial charge in [-0.3, -0.25) is 4.79 Å². The van der Waals surface area contributed by atoms with E-state index < -0.39 is 0 Å². The summed E-state index contributed by atoms with van der Waals surface area (Å²) < 4.78 is 0. The summed E-state index contributed by atoms with van der Waals surface area (Å²) in [5.41, 5.74) is 4.59. The van der Waals surface area contributed by atoms with Gasteiger partial charge in [-0.1, -0.05) is 66.2 Å². The molecule has 4 rings (SSSR count). The summed E-state index contributed by atoms with van der Waals surface area (Å²) in [6.45, 7) is 0. The van der Waals surface area contributed by atoms with Crippen LogP contribution in [0.5, 0.6) is 0 Å². The van der Waals surface area contributed by atoms with E-state index in [4.69, 9.17) is 16.6 Å². The highest BCUT2D eigenvalue weighted by Gasteiger charge is 2.07. The van der Waals surface area contributed by atoms with Gasteiger partial charge in [-0.05, 0) is 35.9 Å². The number of nitrogens with one attached hydrogen (secondary N) is 1. The van der Waals surface area contributed by atoms with Gasteiger partial charge in [-0.15, -0.1) is 11.3 Å². The molecular formula is C24H17ClN2OS. The van der Waals surface area contributed by atoms with Crippen LogP contribution in [0.15, 0.2) is 90.3 Å². The molecule has 5 heteroatoms. The Bertz CT molecular complexity index is 1150. The second-order valence-corrected chi connectivity index (χ2v) is 7.65. The third-order valence-electron chi connectivity index (χ3n) is 4.25. The summed E-state index contributed by atoms with van der Waals surface area (Å²) in [5.74, 6) is -0.194. The topological polar surface area (TPSA) is 42.0 Å². The lowest BCUT2D eigenvalue weighted by molar-refractivity contribution is -0.111. The zero-order chi connectivity index (χ0) is 20.1. The number of amides is 1. The van der Waals surface area contributed by atoms with Crippen molar-refractivity contribution in [1.82, 2.24) is 4.98 Å². The van der Waals surface area contributed by atoms with Gasteiger partial charge in [0.25, 0.3) is 0 Å². The zero-order valence-electron chi connectivity index (χ0n) is 15.4. The highest BCUT2D eigenvalue weighted by molar-refractivity contribution is 7.13. The molecular weight excluding hydrogens is 400 g/mol. The molecule has 0 aliphatic carbocycles. The van der Waals surface area contributed by atoms with Gasteiger partial charge in [0.15, 0.2) is 0 Å². The summed E-state index contributed by atoms with van der Waals surface area (Å²) in [5, 5.41) is 6.57. The zero-order valence-corrected chi connectivity index (χ0v) is 17.0. The predicted molar refractivity (Wildman–Crippen MR) is 122 cm³/mol. The van der Waals surface area contributed by atoms with E-state index in [1.165, 1.54) is 6.08 Å². The fourth-order valence-corrected chi connectivity index (χ4v) is 3.77. The van der Waals surface area contributed by atoms with Crippen LogP contribution < -0.4 is 5.32 Å². The maximum absolute atomic E-state index is 12.3. The maximum atomic E-state index is 12.3. The van der Waals surface area contributed by atoms with Gasteiger partial charge in [0.05, 0.1) is 5.69 Å². The third kappa shape index (κ3) is 4.99. The Hall–Kier alpha value is -3.21. The first kappa shape index (κ1) is 19.1. The van der Waals surface area contributed by atoms with E-state index in [9.17, 15) is 4.79 Å². The summed E-state index contributed by atoms with van der Waals surface area (Å²) >= 11 is 7.48. The molecule has 3 nitrogen and oxygen atoms in total. The molecule has 0 saturated heterocycles. The van der Waals surface area contributed by atoms with E-state index >= 15 is 0 Å². The maximum Gasteiger partial charge on any atom is 0.248 e. The highest BCUT2D eigenvalue weighted by Crippen LogP contribution is 2.29. The predicted octanol–water partition coefficient (Wildman–Crippen LogP) is 6.78. The SMILES string of the molecule is O=C(/C=C/c1ccc(Cl)cc1)Nc1cccc(-c2csc(-c3ccccc3)n2)c1. The van der Waals surface area contributed by atoms with Crippen LogP contribution in [0.25, 0.3) is 27.9 Å². The Morgan fingerprint density at radius 1 is 0.931 bits per heavy atom. The van der Waals surface area contributed by atoms with Crippen molar-refractivity contribution in [3.8, 4) is 21.8 Å². The summed E-state index contributed by atoms with van der Waals surface area (Å²) in [6, 6.07) is 25.1. The van der Waals surface area contributed by atoms with Crippen LogP contribution in [0.2, 0.25) is 5.02 Å². The van der Waals surface area contributed by atoms with Crippen molar-refractivity contribution in [2.24, 2.45) is 0 Å². The van der Waals surface area contributed by atoms with Crippen LogP contribution in [-0.4, -0.2) is 10.9 Å². The van der Waals surface area contributed by atoms with Gasteiger partial charge in [0.2, 0.25) is 5.91 Å². The molecule has 0 radical (unpaired) electrons. The van der Waals surface area contributed by atoms with Crippen molar-refractivity contribution in [2.75, 3.05) is 5.32 Å². The molecule has 0 saturated carbocycles. The molecule has 4 aromatic rings. The van der Waals surface area contributed by atoms with E-state index in [1.54, 1.807) is 29.5 Å². The van der Waals surface area contributed by atoms with Crippen LogP contribution in [0.3, 0.4) is 0 Å². The summed E-state index contributed by atoms with van der Waals surface area (Å²) in [6.07, 6.45) is 3.26. The lowest BCUT2D eigenvalue weighted by Gasteiger charge is -2.04. The Morgan fingerprint density at radius 2 is 1.69 bits per heavy atom. The first-order chi connectivity index (χ1) is 14.2. The number of aromatic nitrogens is 1. The van der Waals surface area contributed by atoms with Gasteiger partial charge in [-0.2, -0.15) is 0 Å². The van der Waals surface area contributed by atoms with Crippen molar-refractivity contribution in [2.45, 2.75) is 0 Å². The average Bonchev–Trinajstić information content (AvgIpc) is 3.25. The number of nitrogens with zero attached hydrogens (tertiary/aromatic N) is 1. The molecule has 1 aromatic heterocycles. The van der Waals surface area contributed by atoms with Gasteiger partial charge in [-0.25, -0.2) is 4.98 Å². The molecule has 0 fully saturated rings. The summed E-state index contributed by atoms with van der Waals surface area (Å²) in [7, 11) is 0.